The zero-order valence-corrected chi connectivity index (χ0v) is 25.4. The number of piperidine rings is 1. The van der Waals surface area contributed by atoms with Crippen molar-refractivity contribution in [2.75, 3.05) is 13.7 Å². The van der Waals surface area contributed by atoms with Crippen molar-refractivity contribution < 1.29 is 23.8 Å². The van der Waals surface area contributed by atoms with Gasteiger partial charge in [-0.15, -0.1) is 0 Å². The molecule has 7 rings (SSSR count). The van der Waals surface area contributed by atoms with Gasteiger partial charge in [0, 0.05) is 23.7 Å². The van der Waals surface area contributed by atoms with Crippen LogP contribution in [0.3, 0.4) is 0 Å². The molecule has 2 aliphatic heterocycles. The number of aryl methyl sites for hydroxylation is 1. The number of ether oxygens (including phenoxy) is 2. The van der Waals surface area contributed by atoms with Gasteiger partial charge in [-0.1, -0.05) is 62.9 Å². The Labute approximate surface area is 254 Å². The number of likely N-dealkylation sites (tertiary alicyclic amines) is 1. The second kappa shape index (κ2) is 12.7. The SMILES string of the molecule is C1CC1.COc1ccc(F)c(-c2ccc(C3CCc4ccc(CC(C)C(=O)O)cc4O3)cc2CN2CCCCC23CC3)n1. The van der Waals surface area contributed by atoms with Gasteiger partial charge in [-0.3, -0.25) is 9.69 Å². The normalized spacial score (nSPS) is 20.7. The van der Waals surface area contributed by atoms with E-state index in [2.05, 4.69) is 22.0 Å². The molecule has 0 bridgehead atoms. The molecule has 0 amide bonds. The summed E-state index contributed by atoms with van der Waals surface area (Å²) in [5.74, 6) is -0.398. The minimum atomic E-state index is -0.798. The van der Waals surface area contributed by atoms with Crippen LogP contribution in [0.15, 0.2) is 48.5 Å². The molecule has 6 nitrogen and oxygen atoms in total. The van der Waals surface area contributed by atoms with Gasteiger partial charge in [-0.2, -0.15) is 0 Å². The molecule has 4 aliphatic rings. The molecule has 3 heterocycles. The van der Waals surface area contributed by atoms with Crippen LogP contribution < -0.4 is 9.47 Å². The Kier molecular flexibility index (Phi) is 8.71. The number of pyridine rings is 1. The van der Waals surface area contributed by atoms with Gasteiger partial charge in [0.15, 0.2) is 0 Å². The standard InChI is InChI=1S/C33H37FN2O4.C3H6/c1-21(32(37)38)17-22-5-6-23-8-11-28(40-29(23)18-22)24-7-9-26(31-27(34)10-12-30(35-31)39-2)25(19-24)20-36-16-4-3-13-33(36)14-15-33;1-2-3-1/h5-7,9-10,12,18-19,21,28H,3-4,8,11,13-17,20H2,1-2H3,(H,37,38);1-3H2. The van der Waals surface area contributed by atoms with E-state index in [-0.39, 0.29) is 11.9 Å². The minimum absolute atomic E-state index is 0.133. The van der Waals surface area contributed by atoms with Crippen LogP contribution in [0.25, 0.3) is 11.3 Å². The Morgan fingerprint density at radius 3 is 2.63 bits per heavy atom. The first-order valence-electron chi connectivity index (χ1n) is 16.0. The van der Waals surface area contributed by atoms with E-state index in [4.69, 9.17) is 9.47 Å². The van der Waals surface area contributed by atoms with Crippen molar-refractivity contribution in [3.63, 3.8) is 0 Å². The lowest BCUT2D eigenvalue weighted by Gasteiger charge is -2.37. The average Bonchev–Trinajstić information content (AvgIpc) is 3.95. The molecular formula is C36H43FN2O4. The second-order valence-corrected chi connectivity index (χ2v) is 12.8. The van der Waals surface area contributed by atoms with Gasteiger partial charge in [0.1, 0.15) is 23.4 Å². The Hall–Kier alpha value is -3.45. The largest absolute Gasteiger partial charge is 0.485 e. The molecule has 2 saturated carbocycles. The van der Waals surface area contributed by atoms with Gasteiger partial charge < -0.3 is 14.6 Å². The van der Waals surface area contributed by atoms with Crippen LogP contribution >= 0.6 is 0 Å². The first kappa shape index (κ1) is 29.6. The van der Waals surface area contributed by atoms with Crippen molar-refractivity contribution in [1.29, 1.82) is 0 Å². The number of nitrogens with zero attached hydrogens (tertiary/aromatic N) is 2. The summed E-state index contributed by atoms with van der Waals surface area (Å²) in [6.45, 7) is 3.53. The molecule has 7 heteroatoms. The molecule has 2 unspecified atom stereocenters. The minimum Gasteiger partial charge on any atom is -0.485 e. The van der Waals surface area contributed by atoms with E-state index >= 15 is 4.39 Å². The van der Waals surface area contributed by atoms with Gasteiger partial charge in [0.2, 0.25) is 5.88 Å². The number of methoxy groups -OCH3 is 1. The third-order valence-corrected chi connectivity index (χ3v) is 9.36. The van der Waals surface area contributed by atoms with Gasteiger partial charge in [-0.25, -0.2) is 9.37 Å². The van der Waals surface area contributed by atoms with Crippen molar-refractivity contribution in [2.45, 2.75) is 95.7 Å². The maximum absolute atomic E-state index is 15.1. The van der Waals surface area contributed by atoms with E-state index < -0.39 is 11.9 Å². The lowest BCUT2D eigenvalue weighted by Crippen LogP contribution is -2.40. The van der Waals surface area contributed by atoms with Crippen LogP contribution in [0.1, 0.15) is 93.1 Å². The van der Waals surface area contributed by atoms with Crippen molar-refractivity contribution in [3.8, 4) is 22.9 Å². The highest BCUT2D eigenvalue weighted by molar-refractivity contribution is 5.70. The summed E-state index contributed by atoms with van der Waals surface area (Å²) in [4.78, 5) is 18.5. The lowest BCUT2D eigenvalue weighted by molar-refractivity contribution is -0.141. The molecule has 3 aromatic rings. The number of aliphatic carboxylic acids is 1. The summed E-state index contributed by atoms with van der Waals surface area (Å²) < 4.78 is 27.0. The Morgan fingerprint density at radius 2 is 1.91 bits per heavy atom. The Balaban J connectivity index is 0.00000103. The fourth-order valence-corrected chi connectivity index (χ4v) is 6.43. The lowest BCUT2D eigenvalue weighted by atomic mass is 9.91. The number of aromatic nitrogens is 1. The zero-order valence-electron chi connectivity index (χ0n) is 25.4. The predicted molar refractivity (Wildman–Crippen MR) is 165 cm³/mol. The first-order valence-corrected chi connectivity index (χ1v) is 16.0. The highest BCUT2D eigenvalue weighted by Crippen LogP contribution is 2.49. The first-order chi connectivity index (χ1) is 20.8. The molecule has 0 radical (unpaired) electrons. The van der Waals surface area contributed by atoms with Gasteiger partial charge in [-0.05, 0) is 85.9 Å². The number of fused-ring (bicyclic) bond motifs is 1. The monoisotopic (exact) mass is 586 g/mol. The molecule has 1 saturated heterocycles. The second-order valence-electron chi connectivity index (χ2n) is 12.8. The van der Waals surface area contributed by atoms with E-state index in [1.54, 1.807) is 20.1 Å². The van der Waals surface area contributed by atoms with E-state index in [1.165, 1.54) is 57.4 Å². The molecule has 2 atom stereocenters. The summed E-state index contributed by atoms with van der Waals surface area (Å²) in [6.07, 6.45) is 12.7. The molecule has 3 fully saturated rings. The Bertz CT molecular complexity index is 1460. The summed E-state index contributed by atoms with van der Waals surface area (Å²) in [6, 6.07) is 15.3. The number of carboxylic acid groups (broad SMARTS) is 1. The number of carboxylic acids is 1. The highest BCUT2D eigenvalue weighted by Gasteiger charge is 2.48. The quantitative estimate of drug-likeness (QED) is 0.289. The fraction of sp³-hybridized carbons (Fsp3) is 0.500. The number of hydrogen-bond donors (Lipinski definition) is 1. The van der Waals surface area contributed by atoms with Crippen LogP contribution in [0.2, 0.25) is 0 Å². The molecule has 1 N–H and O–H groups in total. The van der Waals surface area contributed by atoms with Gasteiger partial charge in [0.05, 0.1) is 13.0 Å². The third-order valence-electron chi connectivity index (χ3n) is 9.36. The number of rotatable bonds is 8. The Morgan fingerprint density at radius 1 is 1.09 bits per heavy atom. The van der Waals surface area contributed by atoms with Crippen LogP contribution in [-0.2, 0) is 24.2 Å². The molecular weight excluding hydrogens is 543 g/mol. The van der Waals surface area contributed by atoms with Crippen molar-refractivity contribution in [3.05, 3.63) is 76.6 Å². The fourth-order valence-electron chi connectivity index (χ4n) is 6.43. The smallest absolute Gasteiger partial charge is 0.306 e. The number of halogens is 1. The topological polar surface area (TPSA) is 71.9 Å². The molecule has 1 aromatic heterocycles. The van der Waals surface area contributed by atoms with E-state index in [9.17, 15) is 9.90 Å². The molecule has 1 spiro atoms. The summed E-state index contributed by atoms with van der Waals surface area (Å²) in [5.41, 5.74) is 5.65. The van der Waals surface area contributed by atoms with Crippen LogP contribution in [0.4, 0.5) is 4.39 Å². The van der Waals surface area contributed by atoms with E-state index in [0.717, 1.165) is 59.5 Å². The van der Waals surface area contributed by atoms with Gasteiger partial charge in [0.25, 0.3) is 0 Å². The van der Waals surface area contributed by atoms with Crippen LogP contribution in [0, 0.1) is 11.7 Å². The van der Waals surface area contributed by atoms with Crippen LogP contribution in [-0.4, -0.2) is 40.2 Å². The van der Waals surface area contributed by atoms with E-state index in [1.807, 2.05) is 24.3 Å². The maximum Gasteiger partial charge on any atom is 0.306 e. The maximum atomic E-state index is 15.1. The zero-order chi connectivity index (χ0) is 30.0. The van der Waals surface area contributed by atoms with Crippen molar-refractivity contribution >= 4 is 5.97 Å². The summed E-state index contributed by atoms with van der Waals surface area (Å²) in [5, 5.41) is 9.33. The number of carbonyl (C=O) groups is 1. The third kappa shape index (κ3) is 6.87. The number of hydrogen-bond acceptors (Lipinski definition) is 5. The summed E-state index contributed by atoms with van der Waals surface area (Å²) in [7, 11) is 1.55. The van der Waals surface area contributed by atoms with Gasteiger partial charge >= 0.3 is 5.97 Å². The average molecular weight is 587 g/mol. The van der Waals surface area contributed by atoms with Crippen molar-refractivity contribution in [2.24, 2.45) is 5.92 Å². The summed E-state index contributed by atoms with van der Waals surface area (Å²) >= 11 is 0. The molecule has 2 aromatic carbocycles. The molecule has 2 aliphatic carbocycles. The predicted octanol–water partition coefficient (Wildman–Crippen LogP) is 7.91. The highest BCUT2D eigenvalue weighted by atomic mass is 19.1. The molecule has 228 valence electrons. The van der Waals surface area contributed by atoms with Crippen molar-refractivity contribution in [1.82, 2.24) is 9.88 Å². The number of benzene rings is 2. The van der Waals surface area contributed by atoms with E-state index in [0.29, 0.717) is 23.5 Å². The molecule has 43 heavy (non-hydrogen) atoms. The van der Waals surface area contributed by atoms with Crippen LogP contribution in [0.5, 0.6) is 11.6 Å².